The van der Waals surface area contributed by atoms with Gasteiger partial charge in [-0.25, -0.2) is 4.79 Å². The third kappa shape index (κ3) is 4.86. The first-order valence-electron chi connectivity index (χ1n) is 10.1. The fraction of sp³-hybridized carbons (Fsp3) is 0.947. The predicted octanol–water partition coefficient (Wildman–Crippen LogP) is 1.52. The van der Waals surface area contributed by atoms with Crippen LogP contribution in [0.2, 0.25) is 0 Å². The summed E-state index contributed by atoms with van der Waals surface area (Å²) in [5.41, 5.74) is 0. The molecule has 4 heterocycles. The number of nitrogens with zero attached hydrogens (tertiary/aromatic N) is 2. The minimum absolute atomic E-state index is 0.0336. The van der Waals surface area contributed by atoms with Gasteiger partial charge in [0.15, 0.2) is 0 Å². The molecule has 4 aliphatic rings. The topological polar surface area (TPSA) is 56.8 Å². The molecule has 0 spiro atoms. The van der Waals surface area contributed by atoms with Crippen molar-refractivity contribution in [3.05, 3.63) is 0 Å². The highest BCUT2D eigenvalue weighted by atomic mass is 16.5. The summed E-state index contributed by atoms with van der Waals surface area (Å²) in [5.74, 6) is 1.60. The van der Waals surface area contributed by atoms with Crippen molar-refractivity contribution in [1.82, 2.24) is 20.4 Å². The Labute approximate surface area is 152 Å². The van der Waals surface area contributed by atoms with E-state index in [9.17, 15) is 4.79 Å². The van der Waals surface area contributed by atoms with Crippen LogP contribution in [0.5, 0.6) is 0 Å². The van der Waals surface area contributed by atoms with Crippen molar-refractivity contribution in [3.63, 3.8) is 0 Å². The Hall–Kier alpha value is -0.850. The monoisotopic (exact) mass is 352 g/mol. The van der Waals surface area contributed by atoms with Gasteiger partial charge in [-0.05, 0) is 64.5 Å². The lowest BCUT2D eigenvalue weighted by atomic mass is 9.75. The van der Waals surface area contributed by atoms with Gasteiger partial charge in [0.25, 0.3) is 0 Å². The smallest absolute Gasteiger partial charge is 0.315 e. The summed E-state index contributed by atoms with van der Waals surface area (Å²) in [6, 6.07) is 1.29. The highest BCUT2D eigenvalue weighted by molar-refractivity contribution is 5.74. The molecule has 5 unspecified atom stereocenters. The molecule has 4 aliphatic heterocycles. The number of hydrogen-bond donors (Lipinski definition) is 2. The number of fused-ring (bicyclic) bond motifs is 3. The summed E-state index contributed by atoms with van der Waals surface area (Å²) >= 11 is 0. The average molecular weight is 353 g/mol. The van der Waals surface area contributed by atoms with Gasteiger partial charge in [-0.15, -0.1) is 0 Å². The van der Waals surface area contributed by atoms with E-state index in [0.717, 1.165) is 25.0 Å². The first kappa shape index (κ1) is 18.9. The molecule has 4 rings (SSSR count). The van der Waals surface area contributed by atoms with Crippen molar-refractivity contribution in [2.75, 3.05) is 46.4 Å². The fourth-order valence-corrected chi connectivity index (χ4v) is 5.01. The van der Waals surface area contributed by atoms with Gasteiger partial charge in [0, 0.05) is 44.9 Å². The molecule has 0 aliphatic carbocycles. The van der Waals surface area contributed by atoms with Crippen molar-refractivity contribution in [1.29, 1.82) is 0 Å². The van der Waals surface area contributed by atoms with E-state index >= 15 is 0 Å². The molecule has 6 heteroatoms. The Kier molecular flexibility index (Phi) is 6.58. The molecule has 6 nitrogen and oxygen atoms in total. The minimum Gasteiger partial charge on any atom is -0.383 e. The van der Waals surface area contributed by atoms with Crippen LogP contribution in [0.4, 0.5) is 4.79 Å². The van der Waals surface area contributed by atoms with Gasteiger partial charge < -0.3 is 15.4 Å². The maximum Gasteiger partial charge on any atom is 0.315 e. The van der Waals surface area contributed by atoms with Crippen molar-refractivity contribution in [2.45, 2.75) is 57.7 Å². The number of nitrogens with one attached hydrogen (secondary N) is 2. The molecule has 0 aromatic rings. The number of amides is 2. The lowest BCUT2D eigenvalue weighted by Gasteiger charge is -2.51. The maximum atomic E-state index is 11.8. The number of rotatable bonds is 7. The van der Waals surface area contributed by atoms with E-state index in [1.807, 2.05) is 21.0 Å². The third-order valence-corrected chi connectivity index (χ3v) is 6.26. The molecule has 0 aromatic carbocycles. The van der Waals surface area contributed by atoms with Gasteiger partial charge >= 0.3 is 6.03 Å². The molecule has 2 bridgehead atoms. The second-order valence-corrected chi connectivity index (χ2v) is 8.45. The first-order chi connectivity index (χ1) is 12.1. The van der Waals surface area contributed by atoms with E-state index in [4.69, 9.17) is 4.74 Å². The number of ether oxygens (including phenoxy) is 1. The highest BCUT2D eigenvalue weighted by Crippen LogP contribution is 2.37. The van der Waals surface area contributed by atoms with Crippen LogP contribution in [0.25, 0.3) is 0 Å². The molecule has 2 N–H and O–H groups in total. The first-order valence-corrected chi connectivity index (χ1v) is 10.1. The number of carbonyl (C=O) groups is 1. The van der Waals surface area contributed by atoms with Crippen molar-refractivity contribution >= 4 is 6.03 Å². The average Bonchev–Trinajstić information content (AvgIpc) is 3.01. The van der Waals surface area contributed by atoms with Crippen molar-refractivity contribution < 1.29 is 9.53 Å². The summed E-state index contributed by atoms with van der Waals surface area (Å²) in [4.78, 5) is 17.1. The van der Waals surface area contributed by atoms with Crippen LogP contribution in [0.3, 0.4) is 0 Å². The van der Waals surface area contributed by atoms with Crippen LogP contribution in [0, 0.1) is 11.8 Å². The van der Waals surface area contributed by atoms with Gasteiger partial charge in [0.05, 0.1) is 6.61 Å². The Bertz CT molecular complexity index is 445. The molecule has 4 saturated heterocycles. The summed E-state index contributed by atoms with van der Waals surface area (Å²) < 4.78 is 5.41. The van der Waals surface area contributed by atoms with Crippen molar-refractivity contribution in [2.24, 2.45) is 11.8 Å². The largest absolute Gasteiger partial charge is 0.383 e. The number of hydrogen-bond acceptors (Lipinski definition) is 4. The van der Waals surface area contributed by atoms with Crippen LogP contribution in [0.1, 0.15) is 39.5 Å². The van der Waals surface area contributed by atoms with Crippen LogP contribution in [-0.4, -0.2) is 80.4 Å². The maximum absolute atomic E-state index is 11.8. The number of urea groups is 1. The zero-order valence-corrected chi connectivity index (χ0v) is 16.2. The Morgan fingerprint density at radius 3 is 2.76 bits per heavy atom. The molecule has 4 fully saturated rings. The third-order valence-electron chi connectivity index (χ3n) is 6.26. The molecule has 144 valence electrons. The van der Waals surface area contributed by atoms with Gasteiger partial charge in [-0.1, -0.05) is 0 Å². The van der Waals surface area contributed by atoms with Gasteiger partial charge in [0.1, 0.15) is 0 Å². The molecule has 0 aromatic heterocycles. The van der Waals surface area contributed by atoms with Gasteiger partial charge in [-0.2, -0.15) is 0 Å². The van der Waals surface area contributed by atoms with Crippen LogP contribution >= 0.6 is 0 Å². The molecular formula is C19H36N4O2. The lowest BCUT2D eigenvalue weighted by molar-refractivity contribution is -0.0163. The summed E-state index contributed by atoms with van der Waals surface area (Å²) in [6.45, 7) is 10.5. The standard InChI is InChI=1S/C19H36N4O2/c1-14(2)21-19(24)20-10-18-9-15-6-8-23(18)12-16(15)11-22-7-4-5-17(22)13-25-3/h14-18H,4-13H2,1-3H3,(H2,20,21,24). The van der Waals surface area contributed by atoms with E-state index in [-0.39, 0.29) is 12.1 Å². The zero-order valence-electron chi connectivity index (χ0n) is 16.2. The lowest BCUT2D eigenvalue weighted by Crippen LogP contribution is -2.59. The quantitative estimate of drug-likeness (QED) is 0.729. The normalized spacial score (nSPS) is 35.3. The molecule has 0 radical (unpaired) electrons. The predicted molar refractivity (Wildman–Crippen MR) is 99.7 cm³/mol. The zero-order chi connectivity index (χ0) is 17.8. The van der Waals surface area contributed by atoms with Crippen molar-refractivity contribution in [3.8, 4) is 0 Å². The number of carbonyl (C=O) groups excluding carboxylic acids is 1. The highest BCUT2D eigenvalue weighted by Gasteiger charge is 2.41. The summed E-state index contributed by atoms with van der Waals surface area (Å²) in [7, 11) is 1.82. The van der Waals surface area contributed by atoms with Gasteiger partial charge in [0.2, 0.25) is 0 Å². The van der Waals surface area contributed by atoms with E-state index in [1.54, 1.807) is 0 Å². The second-order valence-electron chi connectivity index (χ2n) is 8.45. The summed E-state index contributed by atoms with van der Waals surface area (Å²) in [5, 5.41) is 5.97. The summed E-state index contributed by atoms with van der Waals surface area (Å²) in [6.07, 6.45) is 5.15. The minimum atomic E-state index is -0.0336. The number of piperidine rings is 3. The molecule has 0 saturated carbocycles. The molecule has 25 heavy (non-hydrogen) atoms. The number of methoxy groups -OCH3 is 1. The van der Waals surface area contributed by atoms with Crippen LogP contribution in [-0.2, 0) is 4.74 Å². The Balaban J connectivity index is 1.46. The Morgan fingerprint density at radius 2 is 2.08 bits per heavy atom. The van der Waals surface area contributed by atoms with E-state index < -0.39 is 0 Å². The van der Waals surface area contributed by atoms with E-state index in [2.05, 4.69) is 20.4 Å². The van der Waals surface area contributed by atoms with Gasteiger partial charge in [-0.3, -0.25) is 9.80 Å². The SMILES string of the molecule is COCC1CCCN1CC1CN2CCC1CC2CNC(=O)NC(C)C. The Morgan fingerprint density at radius 1 is 1.24 bits per heavy atom. The van der Waals surface area contributed by atoms with Crippen LogP contribution in [0.15, 0.2) is 0 Å². The second kappa shape index (κ2) is 8.69. The van der Waals surface area contributed by atoms with E-state index in [0.29, 0.717) is 12.1 Å². The molecule has 5 atom stereocenters. The van der Waals surface area contributed by atoms with Crippen LogP contribution < -0.4 is 10.6 Å². The molecule has 2 amide bonds. The van der Waals surface area contributed by atoms with E-state index in [1.165, 1.54) is 51.9 Å². The number of likely N-dealkylation sites (tertiary alicyclic amines) is 1. The fourth-order valence-electron chi connectivity index (χ4n) is 5.01. The molecular weight excluding hydrogens is 316 g/mol.